The Morgan fingerprint density at radius 2 is 2.00 bits per heavy atom. The number of hydrazine groups is 1. The van der Waals surface area contributed by atoms with E-state index in [0.29, 0.717) is 12.1 Å². The van der Waals surface area contributed by atoms with E-state index in [2.05, 4.69) is 15.8 Å². The van der Waals surface area contributed by atoms with E-state index in [4.69, 9.17) is 0 Å². The molecule has 0 aliphatic heterocycles. The highest BCUT2D eigenvalue weighted by Crippen LogP contribution is 2.05. The molecule has 0 aliphatic carbocycles. The van der Waals surface area contributed by atoms with E-state index in [9.17, 15) is 14.0 Å². The van der Waals surface area contributed by atoms with E-state index in [-0.39, 0.29) is 18.1 Å². The largest absolute Gasteiger partial charge is 0.357 e. The second kappa shape index (κ2) is 6.51. The molecular weight excluding hydrogens is 261 g/mol. The van der Waals surface area contributed by atoms with Gasteiger partial charge in [-0.25, -0.2) is 4.39 Å². The molecule has 6 heteroatoms. The minimum Gasteiger partial charge on any atom is -0.357 e. The normalized spacial score (nSPS) is 10.1. The number of aryl methyl sites for hydroxylation is 1. The SMILES string of the molecule is O=C(CCc1cccc(F)c1)NNC(=O)c1ccc[nH]1. The molecule has 0 aliphatic rings. The first-order valence-electron chi connectivity index (χ1n) is 6.12. The molecule has 5 nitrogen and oxygen atoms in total. The van der Waals surface area contributed by atoms with Crippen molar-refractivity contribution in [3.05, 3.63) is 59.7 Å². The minimum absolute atomic E-state index is 0.161. The average Bonchev–Trinajstić information content (AvgIpc) is 2.97. The average molecular weight is 275 g/mol. The molecule has 0 fully saturated rings. The van der Waals surface area contributed by atoms with Gasteiger partial charge in [-0.2, -0.15) is 0 Å². The summed E-state index contributed by atoms with van der Waals surface area (Å²) < 4.78 is 12.9. The highest BCUT2D eigenvalue weighted by atomic mass is 19.1. The Balaban J connectivity index is 1.74. The third-order valence-corrected chi connectivity index (χ3v) is 2.69. The lowest BCUT2D eigenvalue weighted by Gasteiger charge is -2.06. The summed E-state index contributed by atoms with van der Waals surface area (Å²) in [5.74, 6) is -1.09. The van der Waals surface area contributed by atoms with Crippen LogP contribution >= 0.6 is 0 Å². The molecule has 0 unspecified atom stereocenters. The van der Waals surface area contributed by atoms with Crippen molar-refractivity contribution in [2.24, 2.45) is 0 Å². The van der Waals surface area contributed by atoms with Gasteiger partial charge < -0.3 is 4.98 Å². The molecule has 104 valence electrons. The van der Waals surface area contributed by atoms with Crippen molar-refractivity contribution in [3.8, 4) is 0 Å². The van der Waals surface area contributed by atoms with Crippen LogP contribution in [0.1, 0.15) is 22.5 Å². The van der Waals surface area contributed by atoms with Crippen molar-refractivity contribution < 1.29 is 14.0 Å². The lowest BCUT2D eigenvalue weighted by Crippen LogP contribution is -2.41. The van der Waals surface area contributed by atoms with E-state index in [1.54, 1.807) is 30.5 Å². The van der Waals surface area contributed by atoms with Crippen LogP contribution in [0, 0.1) is 5.82 Å². The van der Waals surface area contributed by atoms with Crippen molar-refractivity contribution >= 4 is 11.8 Å². The number of hydrogen-bond donors (Lipinski definition) is 3. The summed E-state index contributed by atoms with van der Waals surface area (Å²) >= 11 is 0. The molecule has 3 N–H and O–H groups in total. The zero-order valence-electron chi connectivity index (χ0n) is 10.7. The molecule has 0 saturated heterocycles. The second-order valence-corrected chi connectivity index (χ2v) is 4.22. The monoisotopic (exact) mass is 275 g/mol. The zero-order valence-corrected chi connectivity index (χ0v) is 10.7. The summed E-state index contributed by atoms with van der Waals surface area (Å²) in [5.41, 5.74) is 5.68. The van der Waals surface area contributed by atoms with E-state index in [1.165, 1.54) is 12.1 Å². The highest BCUT2D eigenvalue weighted by Gasteiger charge is 2.07. The van der Waals surface area contributed by atoms with Crippen molar-refractivity contribution in [1.82, 2.24) is 15.8 Å². The number of nitrogens with one attached hydrogen (secondary N) is 3. The first-order valence-corrected chi connectivity index (χ1v) is 6.12. The van der Waals surface area contributed by atoms with E-state index in [1.807, 2.05) is 0 Å². The molecular formula is C14H14FN3O2. The second-order valence-electron chi connectivity index (χ2n) is 4.22. The van der Waals surface area contributed by atoms with Crippen LogP contribution in [-0.4, -0.2) is 16.8 Å². The van der Waals surface area contributed by atoms with Gasteiger partial charge in [-0.15, -0.1) is 0 Å². The molecule has 0 bridgehead atoms. The molecule has 0 spiro atoms. The lowest BCUT2D eigenvalue weighted by atomic mass is 10.1. The van der Waals surface area contributed by atoms with Crippen LogP contribution in [-0.2, 0) is 11.2 Å². The zero-order chi connectivity index (χ0) is 14.4. The molecule has 1 aromatic carbocycles. The van der Waals surface area contributed by atoms with Gasteiger partial charge in [-0.3, -0.25) is 20.4 Å². The predicted octanol–water partition coefficient (Wildman–Crippen LogP) is 1.55. The van der Waals surface area contributed by atoms with Crippen LogP contribution in [0.25, 0.3) is 0 Å². The number of carbonyl (C=O) groups is 2. The van der Waals surface area contributed by atoms with E-state index >= 15 is 0 Å². The lowest BCUT2D eigenvalue weighted by molar-refractivity contribution is -0.121. The van der Waals surface area contributed by atoms with Crippen LogP contribution < -0.4 is 10.9 Å². The summed E-state index contributed by atoms with van der Waals surface area (Å²) in [6.45, 7) is 0. The van der Waals surface area contributed by atoms with E-state index in [0.717, 1.165) is 5.56 Å². The van der Waals surface area contributed by atoms with Crippen LogP contribution in [0.15, 0.2) is 42.6 Å². The highest BCUT2D eigenvalue weighted by molar-refractivity contribution is 5.93. The van der Waals surface area contributed by atoms with Crippen LogP contribution in [0.5, 0.6) is 0 Å². The molecule has 0 saturated carbocycles. The van der Waals surface area contributed by atoms with Crippen molar-refractivity contribution in [2.45, 2.75) is 12.8 Å². The van der Waals surface area contributed by atoms with Gasteiger partial charge in [0.15, 0.2) is 0 Å². The smallest absolute Gasteiger partial charge is 0.286 e. The Morgan fingerprint density at radius 3 is 2.70 bits per heavy atom. The van der Waals surface area contributed by atoms with Crippen molar-refractivity contribution in [1.29, 1.82) is 0 Å². The number of aromatic amines is 1. The van der Waals surface area contributed by atoms with E-state index < -0.39 is 5.91 Å². The third kappa shape index (κ3) is 3.94. The molecule has 0 atom stereocenters. The molecule has 2 rings (SSSR count). The Hall–Kier alpha value is -2.63. The number of halogens is 1. The fraction of sp³-hybridized carbons (Fsp3) is 0.143. The van der Waals surface area contributed by atoms with Crippen LogP contribution in [0.4, 0.5) is 4.39 Å². The minimum atomic E-state index is -0.422. The van der Waals surface area contributed by atoms with Crippen LogP contribution in [0.2, 0.25) is 0 Å². The van der Waals surface area contributed by atoms with Gasteiger partial charge in [-0.05, 0) is 36.2 Å². The molecule has 20 heavy (non-hydrogen) atoms. The fourth-order valence-corrected chi connectivity index (χ4v) is 1.68. The Labute approximate surface area is 115 Å². The Bertz CT molecular complexity index is 596. The van der Waals surface area contributed by atoms with Gasteiger partial charge >= 0.3 is 0 Å². The van der Waals surface area contributed by atoms with Crippen molar-refractivity contribution in [2.75, 3.05) is 0 Å². The number of benzene rings is 1. The number of rotatable bonds is 4. The number of amides is 2. The Kier molecular flexibility index (Phi) is 4.49. The predicted molar refractivity (Wildman–Crippen MR) is 71.1 cm³/mol. The molecule has 2 amide bonds. The van der Waals surface area contributed by atoms with Gasteiger partial charge in [0.1, 0.15) is 11.5 Å². The van der Waals surface area contributed by atoms with Crippen LogP contribution in [0.3, 0.4) is 0 Å². The molecule has 0 radical (unpaired) electrons. The first-order chi connectivity index (χ1) is 9.65. The maximum atomic E-state index is 12.9. The van der Waals surface area contributed by atoms with Gasteiger partial charge in [0.2, 0.25) is 5.91 Å². The summed E-state index contributed by atoms with van der Waals surface area (Å²) in [7, 11) is 0. The van der Waals surface area contributed by atoms with Crippen molar-refractivity contribution in [3.63, 3.8) is 0 Å². The van der Waals surface area contributed by atoms with Gasteiger partial charge in [-0.1, -0.05) is 12.1 Å². The standard InChI is InChI=1S/C14H14FN3O2/c15-11-4-1-3-10(9-11)6-7-13(19)17-18-14(20)12-5-2-8-16-12/h1-5,8-9,16H,6-7H2,(H,17,19)(H,18,20). The number of aromatic nitrogens is 1. The number of H-pyrrole nitrogens is 1. The molecule has 2 aromatic rings. The number of carbonyl (C=O) groups excluding carboxylic acids is 2. The first kappa shape index (κ1) is 13.8. The summed E-state index contributed by atoms with van der Waals surface area (Å²) in [6.07, 6.45) is 2.18. The molecule has 1 aromatic heterocycles. The van der Waals surface area contributed by atoms with Gasteiger partial charge in [0, 0.05) is 12.6 Å². The summed E-state index contributed by atoms with van der Waals surface area (Å²) in [6, 6.07) is 9.34. The van der Waals surface area contributed by atoms with Gasteiger partial charge in [0.25, 0.3) is 5.91 Å². The topological polar surface area (TPSA) is 74.0 Å². The Morgan fingerprint density at radius 1 is 1.15 bits per heavy atom. The van der Waals surface area contributed by atoms with Gasteiger partial charge in [0.05, 0.1) is 0 Å². The quantitative estimate of drug-likeness (QED) is 0.741. The summed E-state index contributed by atoms with van der Waals surface area (Å²) in [5, 5.41) is 0. The number of hydrogen-bond acceptors (Lipinski definition) is 2. The maximum absolute atomic E-state index is 12.9. The molecule has 1 heterocycles. The maximum Gasteiger partial charge on any atom is 0.286 e. The fourth-order valence-electron chi connectivity index (χ4n) is 1.68. The third-order valence-electron chi connectivity index (χ3n) is 2.69. The summed E-state index contributed by atoms with van der Waals surface area (Å²) in [4.78, 5) is 25.8.